The van der Waals surface area contributed by atoms with Gasteiger partial charge in [0.15, 0.2) is 11.2 Å². The number of nitrogens with zero attached hydrogens (tertiary/aromatic N) is 3. The molecule has 0 bridgehead atoms. The van der Waals surface area contributed by atoms with E-state index in [1.165, 1.54) is 6.33 Å². The molecule has 0 aromatic carbocycles. The minimum atomic E-state index is -0.219. The minimum Gasteiger partial charge on any atom is -0.396 e. The van der Waals surface area contributed by atoms with E-state index in [4.69, 9.17) is 5.11 Å². The van der Waals surface area contributed by atoms with Crippen LogP contribution in [0.1, 0.15) is 18.9 Å². The van der Waals surface area contributed by atoms with E-state index in [9.17, 15) is 4.79 Å². The monoisotopic (exact) mass is 246 g/mol. The third kappa shape index (κ3) is 1.65. The van der Waals surface area contributed by atoms with Crippen molar-refractivity contribution in [1.82, 2.24) is 19.5 Å². The van der Waals surface area contributed by atoms with Crippen LogP contribution in [0.2, 0.25) is 0 Å². The van der Waals surface area contributed by atoms with Gasteiger partial charge < -0.3 is 14.7 Å². The minimum absolute atomic E-state index is 0.159. The molecule has 2 heterocycles. The second-order valence-corrected chi connectivity index (χ2v) is 4.46. The number of hydrogen-bond acceptors (Lipinski definition) is 4. The Morgan fingerprint density at radius 2 is 2.39 bits per heavy atom. The fourth-order valence-corrected chi connectivity index (χ4v) is 2.56. The lowest BCUT2D eigenvalue weighted by Crippen LogP contribution is -2.16. The van der Waals surface area contributed by atoms with Crippen LogP contribution in [0.15, 0.2) is 29.6 Å². The maximum Gasteiger partial charge on any atom is 0.278 e. The van der Waals surface area contributed by atoms with Gasteiger partial charge in [-0.05, 0) is 12.8 Å². The molecule has 2 aromatic rings. The summed E-state index contributed by atoms with van der Waals surface area (Å²) in [6.07, 6.45) is 8.86. The Kier molecular flexibility index (Phi) is 2.71. The number of fused-ring (bicyclic) bond motifs is 1. The van der Waals surface area contributed by atoms with Crippen LogP contribution >= 0.6 is 0 Å². The molecule has 0 saturated heterocycles. The van der Waals surface area contributed by atoms with Crippen molar-refractivity contribution in [2.24, 2.45) is 5.92 Å². The number of hydrogen-bond donors (Lipinski definition) is 2. The molecule has 0 spiro atoms. The van der Waals surface area contributed by atoms with Crippen molar-refractivity contribution in [3.05, 3.63) is 35.2 Å². The van der Waals surface area contributed by atoms with Crippen LogP contribution in [-0.4, -0.2) is 31.2 Å². The SMILES string of the molecule is O=c1[nH]cnc2c1ncn2[C@H]1CC=C[C@H]1CCO. The van der Waals surface area contributed by atoms with E-state index in [1.807, 2.05) is 4.57 Å². The van der Waals surface area contributed by atoms with Crippen molar-refractivity contribution in [3.8, 4) is 0 Å². The molecule has 18 heavy (non-hydrogen) atoms. The molecule has 0 radical (unpaired) electrons. The van der Waals surface area contributed by atoms with E-state index in [2.05, 4.69) is 27.1 Å². The van der Waals surface area contributed by atoms with Gasteiger partial charge in [-0.1, -0.05) is 12.2 Å². The van der Waals surface area contributed by atoms with E-state index in [0.717, 1.165) is 6.42 Å². The molecule has 0 aliphatic heterocycles. The number of aliphatic hydroxyl groups excluding tert-OH is 1. The van der Waals surface area contributed by atoms with Crippen molar-refractivity contribution in [1.29, 1.82) is 0 Å². The van der Waals surface area contributed by atoms with Crippen LogP contribution in [0.4, 0.5) is 0 Å². The van der Waals surface area contributed by atoms with E-state index >= 15 is 0 Å². The standard InChI is InChI=1S/C12H14N4O2/c17-5-4-8-2-1-3-9(8)16-7-15-10-11(16)13-6-14-12(10)18/h1-2,6-9,17H,3-5H2,(H,13,14,18)/t8-,9-/m0/s1. The summed E-state index contributed by atoms with van der Waals surface area (Å²) in [7, 11) is 0. The van der Waals surface area contributed by atoms with Crippen LogP contribution in [-0.2, 0) is 0 Å². The second kappa shape index (κ2) is 4.38. The number of allylic oxidation sites excluding steroid dienone is 2. The second-order valence-electron chi connectivity index (χ2n) is 4.46. The molecule has 2 atom stereocenters. The van der Waals surface area contributed by atoms with E-state index in [0.29, 0.717) is 17.6 Å². The molecule has 2 aromatic heterocycles. The van der Waals surface area contributed by atoms with E-state index in [1.54, 1.807) is 6.33 Å². The van der Waals surface area contributed by atoms with Gasteiger partial charge in [0.25, 0.3) is 5.56 Å². The van der Waals surface area contributed by atoms with Crippen LogP contribution in [0.5, 0.6) is 0 Å². The van der Waals surface area contributed by atoms with Gasteiger partial charge in [0, 0.05) is 18.6 Å². The quantitative estimate of drug-likeness (QED) is 0.777. The van der Waals surface area contributed by atoms with Gasteiger partial charge in [0.05, 0.1) is 12.7 Å². The summed E-state index contributed by atoms with van der Waals surface area (Å²) in [6, 6.07) is 0.191. The molecule has 1 aliphatic carbocycles. The normalized spacial score (nSPS) is 22.9. The molecule has 0 fully saturated rings. The number of H-pyrrole nitrogens is 1. The van der Waals surface area contributed by atoms with Gasteiger partial charge in [-0.2, -0.15) is 0 Å². The first-order valence-corrected chi connectivity index (χ1v) is 5.99. The Morgan fingerprint density at radius 1 is 1.50 bits per heavy atom. The van der Waals surface area contributed by atoms with Crippen LogP contribution < -0.4 is 5.56 Å². The number of nitrogens with one attached hydrogen (secondary N) is 1. The number of aromatic amines is 1. The van der Waals surface area contributed by atoms with Crippen molar-refractivity contribution < 1.29 is 5.11 Å². The highest BCUT2D eigenvalue weighted by Gasteiger charge is 2.25. The molecule has 3 rings (SSSR count). The molecule has 6 heteroatoms. The summed E-state index contributed by atoms with van der Waals surface area (Å²) in [6.45, 7) is 0.159. The highest BCUT2D eigenvalue weighted by atomic mass is 16.3. The first kappa shape index (κ1) is 11.2. The lowest BCUT2D eigenvalue weighted by Gasteiger charge is -2.20. The number of aliphatic hydroxyl groups is 1. The third-order valence-corrected chi connectivity index (χ3v) is 3.44. The molecule has 0 saturated carbocycles. The Labute approximate surface area is 103 Å². The van der Waals surface area contributed by atoms with Crippen molar-refractivity contribution >= 4 is 11.2 Å². The topological polar surface area (TPSA) is 83.8 Å². The zero-order valence-electron chi connectivity index (χ0n) is 9.78. The summed E-state index contributed by atoms with van der Waals surface area (Å²) < 4.78 is 1.94. The molecule has 6 nitrogen and oxygen atoms in total. The Bertz CT molecular complexity index is 643. The van der Waals surface area contributed by atoms with Crippen LogP contribution in [0, 0.1) is 5.92 Å². The summed E-state index contributed by atoms with van der Waals surface area (Å²) in [5.74, 6) is 0.272. The zero-order valence-corrected chi connectivity index (χ0v) is 9.78. The van der Waals surface area contributed by atoms with Crippen molar-refractivity contribution in [2.75, 3.05) is 6.61 Å². The van der Waals surface area contributed by atoms with Gasteiger partial charge in [-0.3, -0.25) is 4.79 Å². The summed E-state index contributed by atoms with van der Waals surface area (Å²) in [5, 5.41) is 9.07. The fraction of sp³-hybridized carbons (Fsp3) is 0.417. The molecular formula is C12H14N4O2. The van der Waals surface area contributed by atoms with Gasteiger partial charge in [0.1, 0.15) is 0 Å². The average Bonchev–Trinajstić information content (AvgIpc) is 2.96. The highest BCUT2D eigenvalue weighted by molar-refractivity contribution is 5.69. The van der Waals surface area contributed by atoms with Crippen molar-refractivity contribution in [2.45, 2.75) is 18.9 Å². The highest BCUT2D eigenvalue weighted by Crippen LogP contribution is 2.33. The number of imidazole rings is 1. The lowest BCUT2D eigenvalue weighted by molar-refractivity contribution is 0.250. The zero-order chi connectivity index (χ0) is 12.5. The number of aromatic nitrogens is 4. The Morgan fingerprint density at radius 3 is 3.22 bits per heavy atom. The smallest absolute Gasteiger partial charge is 0.278 e. The van der Waals surface area contributed by atoms with Gasteiger partial charge in [0.2, 0.25) is 0 Å². The van der Waals surface area contributed by atoms with Crippen LogP contribution in [0.3, 0.4) is 0 Å². The molecule has 2 N–H and O–H groups in total. The first-order chi connectivity index (χ1) is 8.81. The predicted molar refractivity (Wildman–Crippen MR) is 66.1 cm³/mol. The molecule has 0 amide bonds. The van der Waals surface area contributed by atoms with Crippen LogP contribution in [0.25, 0.3) is 11.2 Å². The summed E-state index contributed by atoms with van der Waals surface area (Å²) in [5.41, 5.74) is 0.756. The summed E-state index contributed by atoms with van der Waals surface area (Å²) in [4.78, 5) is 22.4. The molecule has 1 aliphatic rings. The molecule has 94 valence electrons. The van der Waals surface area contributed by atoms with E-state index < -0.39 is 0 Å². The number of rotatable bonds is 3. The molecule has 0 unspecified atom stereocenters. The maximum absolute atomic E-state index is 11.6. The van der Waals surface area contributed by atoms with Gasteiger partial charge in [-0.15, -0.1) is 0 Å². The molecular weight excluding hydrogens is 232 g/mol. The van der Waals surface area contributed by atoms with Gasteiger partial charge >= 0.3 is 0 Å². The fourth-order valence-electron chi connectivity index (χ4n) is 2.56. The van der Waals surface area contributed by atoms with Crippen molar-refractivity contribution in [3.63, 3.8) is 0 Å². The van der Waals surface area contributed by atoms with E-state index in [-0.39, 0.29) is 24.1 Å². The Balaban J connectivity index is 2.05. The first-order valence-electron chi connectivity index (χ1n) is 5.99. The third-order valence-electron chi connectivity index (χ3n) is 3.44. The average molecular weight is 246 g/mol. The Hall–Kier alpha value is -1.95. The predicted octanol–water partition coefficient (Wildman–Crippen LogP) is 0.619. The lowest BCUT2D eigenvalue weighted by atomic mass is 10.00. The largest absolute Gasteiger partial charge is 0.396 e. The summed E-state index contributed by atoms with van der Waals surface area (Å²) >= 11 is 0. The van der Waals surface area contributed by atoms with Gasteiger partial charge in [-0.25, -0.2) is 9.97 Å². The maximum atomic E-state index is 11.6.